The first-order valence-corrected chi connectivity index (χ1v) is 6.64. The molecule has 0 fully saturated rings. The highest BCUT2D eigenvalue weighted by Gasteiger charge is 2.16. The van der Waals surface area contributed by atoms with Crippen molar-refractivity contribution >= 4 is 17.1 Å². The maximum atomic E-state index is 11.3. The van der Waals surface area contributed by atoms with Crippen molar-refractivity contribution in [1.82, 2.24) is 4.98 Å². The van der Waals surface area contributed by atoms with Crippen LogP contribution in [0.4, 0.5) is 4.79 Å². The lowest BCUT2D eigenvalue weighted by atomic mass is 10.2. The molecular formula is C17H17NO3. The number of hydrogen-bond donors (Lipinski definition) is 0. The number of ether oxygens (including phenoxy) is 2. The maximum Gasteiger partial charge on any atom is 0.509 e. The van der Waals surface area contributed by atoms with Gasteiger partial charge in [-0.2, -0.15) is 0 Å². The van der Waals surface area contributed by atoms with Crippen molar-refractivity contribution in [3.63, 3.8) is 0 Å². The van der Waals surface area contributed by atoms with E-state index in [0.717, 1.165) is 10.9 Å². The van der Waals surface area contributed by atoms with Crippen LogP contribution in [0.25, 0.3) is 10.9 Å². The van der Waals surface area contributed by atoms with Gasteiger partial charge < -0.3 is 9.47 Å². The number of carbonyl (C=O) groups is 1. The summed E-state index contributed by atoms with van der Waals surface area (Å²) in [4.78, 5) is 15.7. The quantitative estimate of drug-likeness (QED) is 0.593. The molecule has 1 aromatic heterocycles. The van der Waals surface area contributed by atoms with Crippen molar-refractivity contribution in [2.45, 2.75) is 26.4 Å². The summed E-state index contributed by atoms with van der Waals surface area (Å²) in [5.74, 6) is 5.61. The minimum atomic E-state index is -0.719. The Morgan fingerprint density at radius 3 is 2.71 bits per heavy atom. The van der Waals surface area contributed by atoms with Crippen molar-refractivity contribution in [3.05, 3.63) is 42.1 Å². The summed E-state index contributed by atoms with van der Waals surface area (Å²) in [6.45, 7) is 5.31. The van der Waals surface area contributed by atoms with E-state index < -0.39 is 11.8 Å². The Hall–Kier alpha value is -2.54. The van der Waals surface area contributed by atoms with Gasteiger partial charge in [0.05, 0.1) is 5.52 Å². The minimum Gasteiger partial charge on any atom is -0.429 e. The fourth-order valence-corrected chi connectivity index (χ4v) is 1.64. The number of benzene rings is 1. The zero-order valence-corrected chi connectivity index (χ0v) is 12.3. The maximum absolute atomic E-state index is 11.3. The molecule has 0 aliphatic heterocycles. The molecule has 0 aliphatic rings. The predicted molar refractivity (Wildman–Crippen MR) is 80.8 cm³/mol. The van der Waals surface area contributed by atoms with E-state index in [1.807, 2.05) is 36.4 Å². The van der Waals surface area contributed by atoms with Gasteiger partial charge in [0.15, 0.2) is 6.61 Å². The molecule has 2 rings (SSSR count). The molecule has 108 valence electrons. The van der Waals surface area contributed by atoms with E-state index in [2.05, 4.69) is 16.8 Å². The first kappa shape index (κ1) is 14.9. The van der Waals surface area contributed by atoms with Gasteiger partial charge in [-0.05, 0) is 38.8 Å². The summed E-state index contributed by atoms with van der Waals surface area (Å²) >= 11 is 0. The molecule has 4 heteroatoms. The lowest BCUT2D eigenvalue weighted by molar-refractivity contribution is -0.00163. The second kappa shape index (κ2) is 6.27. The Balaban J connectivity index is 1.94. The van der Waals surface area contributed by atoms with Crippen LogP contribution in [0.15, 0.2) is 36.4 Å². The van der Waals surface area contributed by atoms with Crippen LogP contribution in [0.1, 0.15) is 26.5 Å². The molecule has 0 unspecified atom stereocenters. The standard InChI is InChI=1S/C17H17NO3/c1-17(2,3)21-16(19)20-12-6-8-14-11-10-13-7-4-5-9-15(13)18-14/h4-5,7,9-11H,12H2,1-3H3. The highest BCUT2D eigenvalue weighted by atomic mass is 16.7. The Morgan fingerprint density at radius 1 is 1.19 bits per heavy atom. The summed E-state index contributed by atoms with van der Waals surface area (Å²) in [5.41, 5.74) is 0.962. The van der Waals surface area contributed by atoms with Gasteiger partial charge in [0.2, 0.25) is 0 Å². The average Bonchev–Trinajstić information content (AvgIpc) is 2.41. The summed E-state index contributed by atoms with van der Waals surface area (Å²) in [6.07, 6.45) is -0.719. The topological polar surface area (TPSA) is 48.4 Å². The third-order valence-electron chi connectivity index (χ3n) is 2.47. The first-order chi connectivity index (χ1) is 9.94. The Labute approximate surface area is 124 Å². The van der Waals surface area contributed by atoms with E-state index in [9.17, 15) is 4.79 Å². The number of rotatable bonds is 1. The first-order valence-electron chi connectivity index (χ1n) is 6.64. The van der Waals surface area contributed by atoms with E-state index in [-0.39, 0.29) is 6.61 Å². The van der Waals surface area contributed by atoms with Gasteiger partial charge >= 0.3 is 6.16 Å². The molecule has 0 saturated carbocycles. The van der Waals surface area contributed by atoms with Crippen molar-refractivity contribution in [2.75, 3.05) is 6.61 Å². The highest BCUT2D eigenvalue weighted by molar-refractivity contribution is 5.78. The van der Waals surface area contributed by atoms with Gasteiger partial charge in [-0.25, -0.2) is 9.78 Å². The van der Waals surface area contributed by atoms with Crippen molar-refractivity contribution in [2.24, 2.45) is 0 Å². The molecule has 0 spiro atoms. The molecule has 21 heavy (non-hydrogen) atoms. The largest absolute Gasteiger partial charge is 0.509 e. The molecule has 2 aromatic rings. The van der Waals surface area contributed by atoms with Gasteiger partial charge in [0.1, 0.15) is 11.3 Å². The Bertz CT molecular complexity index is 705. The zero-order chi connectivity index (χ0) is 15.3. The van der Waals surface area contributed by atoms with Crippen LogP contribution in [-0.4, -0.2) is 23.3 Å². The van der Waals surface area contributed by atoms with Gasteiger partial charge in [0, 0.05) is 5.39 Å². The Morgan fingerprint density at radius 2 is 1.95 bits per heavy atom. The lowest BCUT2D eigenvalue weighted by Crippen LogP contribution is -2.24. The molecule has 0 aliphatic carbocycles. The van der Waals surface area contributed by atoms with Crippen LogP contribution in [-0.2, 0) is 9.47 Å². The van der Waals surface area contributed by atoms with Crippen LogP contribution < -0.4 is 0 Å². The van der Waals surface area contributed by atoms with Crippen molar-refractivity contribution in [3.8, 4) is 11.8 Å². The number of fused-ring (bicyclic) bond motifs is 1. The Kier molecular flexibility index (Phi) is 4.44. The second-order valence-electron chi connectivity index (χ2n) is 5.44. The van der Waals surface area contributed by atoms with Gasteiger partial charge in [-0.3, -0.25) is 0 Å². The summed E-state index contributed by atoms with van der Waals surface area (Å²) < 4.78 is 9.87. The molecule has 0 amide bonds. The van der Waals surface area contributed by atoms with Crippen LogP contribution >= 0.6 is 0 Å². The zero-order valence-electron chi connectivity index (χ0n) is 12.3. The number of carbonyl (C=O) groups excluding carboxylic acids is 1. The number of aromatic nitrogens is 1. The SMILES string of the molecule is CC(C)(C)OC(=O)OCC#Cc1ccc2ccccc2n1. The van der Waals surface area contributed by atoms with E-state index in [0.29, 0.717) is 5.69 Å². The predicted octanol–water partition coefficient (Wildman–Crippen LogP) is 3.54. The molecule has 0 bridgehead atoms. The molecule has 0 saturated heterocycles. The highest BCUT2D eigenvalue weighted by Crippen LogP contribution is 2.11. The smallest absolute Gasteiger partial charge is 0.429 e. The number of nitrogens with zero attached hydrogens (tertiary/aromatic N) is 1. The van der Waals surface area contributed by atoms with Crippen molar-refractivity contribution in [1.29, 1.82) is 0 Å². The number of hydrogen-bond acceptors (Lipinski definition) is 4. The van der Waals surface area contributed by atoms with Gasteiger partial charge in [-0.15, -0.1) is 0 Å². The monoisotopic (exact) mass is 283 g/mol. The van der Waals surface area contributed by atoms with E-state index in [1.54, 1.807) is 20.8 Å². The van der Waals surface area contributed by atoms with Crippen LogP contribution in [0, 0.1) is 11.8 Å². The summed E-state index contributed by atoms with van der Waals surface area (Å²) in [6, 6.07) is 11.6. The van der Waals surface area contributed by atoms with Crippen molar-refractivity contribution < 1.29 is 14.3 Å². The van der Waals surface area contributed by atoms with E-state index in [1.165, 1.54) is 0 Å². The normalized spacial score (nSPS) is 10.6. The third-order valence-corrected chi connectivity index (χ3v) is 2.47. The average molecular weight is 283 g/mol. The molecule has 1 heterocycles. The molecule has 1 aromatic carbocycles. The van der Waals surface area contributed by atoms with E-state index in [4.69, 9.17) is 9.47 Å². The fourth-order valence-electron chi connectivity index (χ4n) is 1.64. The van der Waals surface area contributed by atoms with Gasteiger partial charge in [-0.1, -0.05) is 30.2 Å². The summed E-state index contributed by atoms with van der Waals surface area (Å²) in [7, 11) is 0. The van der Waals surface area contributed by atoms with Crippen LogP contribution in [0.5, 0.6) is 0 Å². The molecule has 0 N–H and O–H groups in total. The van der Waals surface area contributed by atoms with E-state index >= 15 is 0 Å². The van der Waals surface area contributed by atoms with Crippen LogP contribution in [0.3, 0.4) is 0 Å². The molecule has 4 nitrogen and oxygen atoms in total. The lowest BCUT2D eigenvalue weighted by Gasteiger charge is -2.18. The number of para-hydroxylation sites is 1. The van der Waals surface area contributed by atoms with Crippen LogP contribution in [0.2, 0.25) is 0 Å². The van der Waals surface area contributed by atoms with Gasteiger partial charge in [0.25, 0.3) is 0 Å². The molecule has 0 radical (unpaired) electrons. The summed E-state index contributed by atoms with van der Waals surface area (Å²) in [5, 5.41) is 1.06. The number of pyridine rings is 1. The molecule has 0 atom stereocenters. The minimum absolute atomic E-state index is 0.0244. The fraction of sp³-hybridized carbons (Fsp3) is 0.294. The third kappa shape index (κ3) is 4.81. The molecular weight excluding hydrogens is 266 g/mol. The second-order valence-corrected chi connectivity index (χ2v) is 5.44.